The van der Waals surface area contributed by atoms with Crippen LogP contribution in [-0.4, -0.2) is 42.2 Å². The van der Waals surface area contributed by atoms with E-state index in [4.69, 9.17) is 15.2 Å². The van der Waals surface area contributed by atoms with Gasteiger partial charge in [0.25, 0.3) is 5.91 Å². The highest BCUT2D eigenvalue weighted by Crippen LogP contribution is 2.41. The molecule has 0 bridgehead atoms. The maximum atomic E-state index is 14.6. The number of alkyl halides is 3. The minimum Gasteiger partial charge on any atom is -0.481 e. The molecule has 2 heterocycles. The van der Waals surface area contributed by atoms with Crippen LogP contribution in [0.1, 0.15) is 35.5 Å². The van der Waals surface area contributed by atoms with Crippen molar-refractivity contribution in [1.82, 2.24) is 4.98 Å². The molecule has 1 aliphatic rings. The zero-order valence-electron chi connectivity index (χ0n) is 17.8. The van der Waals surface area contributed by atoms with Gasteiger partial charge in [-0.25, -0.2) is 9.37 Å². The first-order valence-corrected chi connectivity index (χ1v) is 9.50. The minimum absolute atomic E-state index is 0.0768. The smallest absolute Gasteiger partial charge is 0.424 e. The average molecular weight is 454 g/mol. The molecule has 1 aliphatic heterocycles. The Morgan fingerprint density at radius 2 is 1.94 bits per heavy atom. The van der Waals surface area contributed by atoms with Crippen LogP contribution in [0.2, 0.25) is 0 Å². The van der Waals surface area contributed by atoms with Gasteiger partial charge in [-0.15, -0.1) is 0 Å². The van der Waals surface area contributed by atoms with Gasteiger partial charge in [-0.3, -0.25) is 9.79 Å². The summed E-state index contributed by atoms with van der Waals surface area (Å²) in [6, 6.07) is 6.74. The van der Waals surface area contributed by atoms with Crippen molar-refractivity contribution in [1.29, 1.82) is 0 Å². The second-order valence-electron chi connectivity index (χ2n) is 7.73. The minimum atomic E-state index is -4.79. The number of nitrogens with one attached hydrogen (secondary N) is 1. The first kappa shape index (κ1) is 23.5. The molecule has 1 aromatic carbocycles. The van der Waals surface area contributed by atoms with Crippen LogP contribution in [0.3, 0.4) is 0 Å². The molecular formula is C21H22F4N4O3. The summed E-state index contributed by atoms with van der Waals surface area (Å²) < 4.78 is 64.7. The molecule has 7 nitrogen and oxygen atoms in total. The molecule has 1 aromatic heterocycles. The zero-order chi connectivity index (χ0) is 23.9. The Labute approximate surface area is 181 Å². The zero-order valence-corrected chi connectivity index (χ0v) is 17.8. The molecule has 0 aliphatic carbocycles. The maximum absolute atomic E-state index is 14.6. The van der Waals surface area contributed by atoms with Crippen molar-refractivity contribution in [3.8, 4) is 5.88 Å². The number of nitrogens with zero attached hydrogens (tertiary/aromatic N) is 2. The lowest BCUT2D eigenvalue weighted by Gasteiger charge is -2.41. The van der Waals surface area contributed by atoms with Gasteiger partial charge in [0, 0.05) is 17.3 Å². The van der Waals surface area contributed by atoms with Gasteiger partial charge in [0.2, 0.25) is 11.5 Å². The second kappa shape index (κ2) is 8.05. The number of amides is 1. The third-order valence-electron chi connectivity index (χ3n) is 5.36. The molecule has 0 unspecified atom stereocenters. The second-order valence-corrected chi connectivity index (χ2v) is 7.73. The Balaban J connectivity index is 1.92. The summed E-state index contributed by atoms with van der Waals surface area (Å²) in [4.78, 5) is 20.7. The number of hydrogen-bond donors (Lipinski definition) is 2. The summed E-state index contributed by atoms with van der Waals surface area (Å²) >= 11 is 0. The van der Waals surface area contributed by atoms with E-state index in [-0.39, 0.29) is 16.8 Å². The van der Waals surface area contributed by atoms with Gasteiger partial charge in [-0.2, -0.15) is 13.2 Å². The Kier molecular flexibility index (Phi) is 5.90. The molecule has 0 saturated carbocycles. The third-order valence-corrected chi connectivity index (χ3v) is 5.36. The summed E-state index contributed by atoms with van der Waals surface area (Å²) in [6.07, 6.45) is -4.79. The van der Waals surface area contributed by atoms with E-state index in [1.54, 1.807) is 6.92 Å². The van der Waals surface area contributed by atoms with Crippen LogP contribution >= 0.6 is 0 Å². The number of ether oxygens (including phenoxy) is 2. The fourth-order valence-corrected chi connectivity index (χ4v) is 3.23. The lowest BCUT2D eigenvalue weighted by Crippen LogP contribution is -2.60. The first-order valence-electron chi connectivity index (χ1n) is 9.50. The summed E-state index contributed by atoms with van der Waals surface area (Å²) in [5.74, 6) is -1.71. The SMILES string of the molecule is COc1ccc(C(=O)Nc2ccc(F)c([C@]3(C)CO[C@@](C)(C(F)(F)F)C(N)=N3)c2)c(C)n1. The number of nitrogens with two attached hydrogens (primary N) is 1. The molecule has 0 radical (unpaired) electrons. The lowest BCUT2D eigenvalue weighted by molar-refractivity contribution is -0.249. The van der Waals surface area contributed by atoms with Gasteiger partial charge < -0.3 is 20.5 Å². The Morgan fingerprint density at radius 1 is 1.25 bits per heavy atom. The van der Waals surface area contributed by atoms with Gasteiger partial charge in [0.1, 0.15) is 17.2 Å². The Hall–Kier alpha value is -3.21. The molecule has 11 heteroatoms. The van der Waals surface area contributed by atoms with E-state index in [0.29, 0.717) is 11.6 Å². The molecule has 2 aromatic rings. The molecular weight excluding hydrogens is 432 g/mol. The molecule has 32 heavy (non-hydrogen) atoms. The Bertz CT molecular complexity index is 1090. The van der Waals surface area contributed by atoms with Crippen molar-refractivity contribution in [2.75, 3.05) is 19.0 Å². The highest BCUT2D eigenvalue weighted by atomic mass is 19.4. The number of methoxy groups -OCH3 is 1. The fraction of sp³-hybridized carbons (Fsp3) is 0.381. The van der Waals surface area contributed by atoms with E-state index in [9.17, 15) is 22.4 Å². The molecule has 0 fully saturated rings. The highest BCUT2D eigenvalue weighted by molar-refractivity contribution is 6.05. The number of rotatable bonds is 4. The monoisotopic (exact) mass is 454 g/mol. The van der Waals surface area contributed by atoms with Crippen LogP contribution in [0, 0.1) is 12.7 Å². The van der Waals surface area contributed by atoms with E-state index >= 15 is 0 Å². The normalized spacial score (nSPS) is 23.4. The average Bonchev–Trinajstić information content (AvgIpc) is 2.71. The molecule has 172 valence electrons. The summed E-state index contributed by atoms with van der Waals surface area (Å²) in [5.41, 5.74) is 2.11. The molecule has 0 saturated heterocycles. The first-order chi connectivity index (χ1) is 14.8. The van der Waals surface area contributed by atoms with Crippen molar-refractivity contribution >= 4 is 17.4 Å². The lowest BCUT2D eigenvalue weighted by atomic mass is 9.89. The van der Waals surface area contributed by atoms with Gasteiger partial charge in [0.05, 0.1) is 25.0 Å². The third kappa shape index (κ3) is 4.12. The topological polar surface area (TPSA) is 98.8 Å². The number of amidine groups is 1. The summed E-state index contributed by atoms with van der Waals surface area (Å²) in [5, 5.41) is 2.63. The van der Waals surface area contributed by atoms with Gasteiger partial charge >= 0.3 is 6.18 Å². The van der Waals surface area contributed by atoms with Crippen LogP contribution in [0.5, 0.6) is 5.88 Å². The van der Waals surface area contributed by atoms with Crippen molar-refractivity contribution in [3.63, 3.8) is 0 Å². The number of pyridine rings is 1. The van der Waals surface area contributed by atoms with Crippen molar-refractivity contribution in [2.24, 2.45) is 10.7 Å². The van der Waals surface area contributed by atoms with Crippen molar-refractivity contribution in [3.05, 3.63) is 53.0 Å². The maximum Gasteiger partial charge on any atom is 0.424 e. The number of anilines is 1. The molecule has 1 amide bonds. The predicted molar refractivity (Wildman–Crippen MR) is 109 cm³/mol. The predicted octanol–water partition coefficient (Wildman–Crippen LogP) is 3.71. The Morgan fingerprint density at radius 3 is 2.50 bits per heavy atom. The van der Waals surface area contributed by atoms with E-state index < -0.39 is 41.5 Å². The van der Waals surface area contributed by atoms with Crippen LogP contribution in [-0.2, 0) is 10.3 Å². The molecule has 3 N–H and O–H groups in total. The van der Waals surface area contributed by atoms with Gasteiger partial charge in [0.15, 0.2) is 0 Å². The van der Waals surface area contributed by atoms with Gasteiger partial charge in [-0.1, -0.05) is 0 Å². The van der Waals surface area contributed by atoms with E-state index in [2.05, 4.69) is 15.3 Å². The quantitative estimate of drug-likeness (QED) is 0.687. The van der Waals surface area contributed by atoms with Crippen molar-refractivity contribution in [2.45, 2.75) is 38.1 Å². The summed E-state index contributed by atoms with van der Waals surface area (Å²) in [6.45, 7) is 3.23. The largest absolute Gasteiger partial charge is 0.481 e. The number of aromatic nitrogens is 1. The molecule has 2 atom stereocenters. The summed E-state index contributed by atoms with van der Waals surface area (Å²) in [7, 11) is 1.45. The highest BCUT2D eigenvalue weighted by Gasteiger charge is 2.59. The van der Waals surface area contributed by atoms with Crippen LogP contribution in [0.4, 0.5) is 23.2 Å². The number of carbonyl (C=O) groups excluding carboxylic acids is 1. The molecule has 0 spiro atoms. The fourth-order valence-electron chi connectivity index (χ4n) is 3.23. The van der Waals surface area contributed by atoms with E-state index in [1.165, 1.54) is 38.3 Å². The number of benzene rings is 1. The van der Waals surface area contributed by atoms with Crippen molar-refractivity contribution < 1.29 is 31.8 Å². The molecule has 3 rings (SSSR count). The number of carbonyl (C=O) groups is 1. The van der Waals surface area contributed by atoms with Gasteiger partial charge in [-0.05, 0) is 45.0 Å². The van der Waals surface area contributed by atoms with E-state index in [0.717, 1.165) is 13.0 Å². The number of hydrogen-bond acceptors (Lipinski definition) is 6. The number of halogens is 4. The number of aliphatic imine (C=N–C) groups is 1. The van der Waals surface area contributed by atoms with E-state index in [1.807, 2.05) is 0 Å². The van der Waals surface area contributed by atoms with Crippen LogP contribution in [0.25, 0.3) is 0 Å². The van der Waals surface area contributed by atoms with Crippen LogP contribution < -0.4 is 15.8 Å². The number of aryl methyl sites for hydroxylation is 1. The van der Waals surface area contributed by atoms with Crippen LogP contribution in [0.15, 0.2) is 35.3 Å². The standard InChI is InChI=1S/C21H22F4N4O3/c1-11-13(6-8-16(27-11)31-4)17(30)28-12-5-7-15(22)14(9-12)19(2)10-32-20(3,18(26)29-19)21(23,24)25/h5-9H,10H2,1-4H3,(H2,26,29)(H,28,30)/t19-,20+/m0/s1.